The third-order valence-electron chi connectivity index (χ3n) is 14.9. The largest absolute Gasteiger partial charge is 2.00 e. The van der Waals surface area contributed by atoms with Crippen LogP contribution < -0.4 is 31.5 Å². The number of carbonyl (C=O) groups excluding carboxylic acids is 6. The fourth-order valence-corrected chi connectivity index (χ4v) is 9.83. The van der Waals surface area contributed by atoms with E-state index in [9.17, 15) is 49.2 Å². The van der Waals surface area contributed by atoms with E-state index in [4.69, 9.17) is 0 Å². The third kappa shape index (κ3) is 41.2. The van der Waals surface area contributed by atoms with Gasteiger partial charge in [-0.25, -0.2) is 0 Å². The molecule has 0 aliphatic rings. The Morgan fingerprint density at radius 1 is 0.321 bits per heavy atom. The molecule has 0 saturated carbocycles. The summed E-state index contributed by atoms with van der Waals surface area (Å²) in [5.74, 6) is -4.23. The van der Waals surface area contributed by atoms with Gasteiger partial charge in [0, 0.05) is 74.1 Å². The zero-order valence-electron chi connectivity index (χ0n) is 51.3. The van der Waals surface area contributed by atoms with E-state index in [0.29, 0.717) is 47.9 Å². The molecule has 0 spiro atoms. The molecule has 456 valence electrons. The Kier molecular flexibility index (Phi) is 49.4. The van der Waals surface area contributed by atoms with Gasteiger partial charge < -0.3 is 51.3 Å². The normalized spacial score (nSPS) is 10.8. The molecule has 0 aromatic heterocycles. The molecule has 0 radical (unpaired) electrons. The first-order valence-electron chi connectivity index (χ1n) is 32.0. The second-order valence-electron chi connectivity index (χ2n) is 22.3. The summed E-state index contributed by atoms with van der Waals surface area (Å²) in [6.45, 7) is 9.19. The maximum Gasteiger partial charge on any atom is 2.00 e. The summed E-state index contributed by atoms with van der Waals surface area (Å²) in [6.07, 6.45) is 44.0. The molecule has 0 aliphatic carbocycles. The van der Waals surface area contributed by atoms with Crippen molar-refractivity contribution in [3.05, 3.63) is 57.6 Å². The van der Waals surface area contributed by atoms with Crippen LogP contribution in [0.15, 0.2) is 24.3 Å². The smallest absolute Gasteiger partial charge is 0.545 e. The number of hydrogen-bond acceptors (Lipinski definition) is 10. The van der Waals surface area contributed by atoms with Crippen LogP contribution >= 0.6 is 0 Å². The zero-order valence-corrected chi connectivity index (χ0v) is 54.3. The predicted octanol–water partition coefficient (Wildman–Crippen LogP) is 13.7. The first-order valence-corrected chi connectivity index (χ1v) is 32.0. The van der Waals surface area contributed by atoms with Crippen molar-refractivity contribution in [3.8, 4) is 11.5 Å². The van der Waals surface area contributed by atoms with Crippen molar-refractivity contribution in [2.75, 3.05) is 0 Å². The van der Waals surface area contributed by atoms with Crippen LogP contribution in [-0.2, 0) is 64.8 Å². The minimum Gasteiger partial charge on any atom is -0.545 e. The Morgan fingerprint density at radius 2 is 0.519 bits per heavy atom. The molecule has 2 aromatic rings. The summed E-state index contributed by atoms with van der Waals surface area (Å²) < 4.78 is 0. The average molecular weight is 1190 g/mol. The molecule has 15 heteroatoms. The number of amides is 4. The van der Waals surface area contributed by atoms with E-state index < -0.39 is 23.4 Å². The second-order valence-corrected chi connectivity index (χ2v) is 22.3. The van der Waals surface area contributed by atoms with E-state index >= 15 is 0 Å². The van der Waals surface area contributed by atoms with Crippen molar-refractivity contribution in [1.29, 1.82) is 0 Å². The Balaban J connectivity index is 0.00000156. The Labute approximate surface area is 502 Å². The quantitative estimate of drug-likeness (QED) is 0.0271. The zero-order chi connectivity index (χ0) is 58.9. The van der Waals surface area contributed by atoms with Gasteiger partial charge in [0.1, 0.15) is 11.5 Å². The molecule has 0 fully saturated rings. The van der Waals surface area contributed by atoms with Crippen molar-refractivity contribution in [3.63, 3.8) is 0 Å². The van der Waals surface area contributed by atoms with Gasteiger partial charge in [-0.05, 0) is 61.1 Å². The molecular weight excluding hydrogens is 1070 g/mol. The summed E-state index contributed by atoms with van der Waals surface area (Å²) in [5, 5.41) is 55.2. The van der Waals surface area contributed by atoms with E-state index in [1.54, 1.807) is 12.1 Å². The maximum absolute atomic E-state index is 12.3. The molecule has 2 rings (SSSR count). The standard InChI is InChI=1S/2C33H56N2O5.Zn/c2*1-3-5-7-9-11-13-15-17-19-21-30(36)34-25-27-23-28(32(38)29(24-27)33(39)40)26-35-31(37)22-20-18-16-14-12-10-8-6-4-2;/h2*23-24,38H,3-22,25-26H2,1-2H3,(H,34,36)(H,35,37)(H,39,40);/q;;+2/p-2. The Morgan fingerprint density at radius 3 is 0.728 bits per heavy atom. The van der Waals surface area contributed by atoms with Gasteiger partial charge in [-0.2, -0.15) is 0 Å². The van der Waals surface area contributed by atoms with E-state index in [-0.39, 0.29) is 80.4 Å². The van der Waals surface area contributed by atoms with Gasteiger partial charge in [0.05, 0.1) is 11.9 Å². The summed E-state index contributed by atoms with van der Waals surface area (Å²) >= 11 is 0. The van der Waals surface area contributed by atoms with Crippen LogP contribution in [0.5, 0.6) is 11.5 Å². The van der Waals surface area contributed by atoms with E-state index in [2.05, 4.69) is 49.0 Å². The van der Waals surface area contributed by atoms with Gasteiger partial charge in [-0.1, -0.05) is 233 Å². The van der Waals surface area contributed by atoms with Crippen molar-refractivity contribution < 1.29 is 68.7 Å². The molecule has 0 bridgehead atoms. The maximum atomic E-state index is 12.3. The number of hydrogen-bond donors (Lipinski definition) is 6. The molecule has 81 heavy (non-hydrogen) atoms. The molecule has 0 heterocycles. The number of aromatic hydroxyl groups is 2. The van der Waals surface area contributed by atoms with Gasteiger partial charge >= 0.3 is 19.5 Å². The van der Waals surface area contributed by atoms with Crippen LogP contribution in [-0.4, -0.2) is 45.8 Å². The molecule has 0 aliphatic heterocycles. The molecule has 0 atom stereocenters. The van der Waals surface area contributed by atoms with Crippen LogP contribution in [0.1, 0.15) is 327 Å². The van der Waals surface area contributed by atoms with Crippen LogP contribution in [0.25, 0.3) is 0 Å². The molecule has 2 aromatic carbocycles. The molecule has 0 unspecified atom stereocenters. The van der Waals surface area contributed by atoms with Gasteiger partial charge in [-0.3, -0.25) is 19.2 Å². The molecule has 14 nitrogen and oxygen atoms in total. The number of nitrogens with one attached hydrogen (secondary N) is 4. The molecule has 6 N–H and O–H groups in total. The minimum atomic E-state index is -1.50. The monoisotopic (exact) mass is 1180 g/mol. The number of carboxylic acid groups (broad SMARTS) is 2. The first-order chi connectivity index (χ1) is 38.8. The van der Waals surface area contributed by atoms with E-state index in [0.717, 1.165) is 77.0 Å². The van der Waals surface area contributed by atoms with Gasteiger partial charge in [-0.15, -0.1) is 0 Å². The van der Waals surface area contributed by atoms with Crippen molar-refractivity contribution >= 4 is 35.6 Å². The number of phenols is 2. The SMILES string of the molecule is CCCCCCCCCCCC(=O)NCc1cc(CNC(=O)CCCCCCCCCCC)c(O)c(C(=O)[O-])c1.CCCCCCCCCCCC(=O)NCc1cc(CNC(=O)CCCCCCCCCCC)c(O)c(C(=O)[O-])c1.[Zn+2]. The number of unbranched alkanes of at least 4 members (excludes halogenated alkanes) is 32. The van der Waals surface area contributed by atoms with Gasteiger partial charge in [0.25, 0.3) is 0 Å². The predicted molar refractivity (Wildman–Crippen MR) is 320 cm³/mol. The number of aromatic carboxylic acids is 2. The van der Waals surface area contributed by atoms with E-state index in [1.807, 2.05) is 0 Å². The Bertz CT molecular complexity index is 1860. The molecule has 0 saturated heterocycles. The first kappa shape index (κ1) is 76.5. The summed E-state index contributed by atoms with van der Waals surface area (Å²) in [7, 11) is 0. The number of benzene rings is 2. The van der Waals surface area contributed by atoms with Gasteiger partial charge in [0.15, 0.2) is 0 Å². The second kappa shape index (κ2) is 52.3. The number of carbonyl (C=O) groups is 6. The van der Waals surface area contributed by atoms with Crippen LogP contribution in [0.2, 0.25) is 0 Å². The topological polar surface area (TPSA) is 237 Å². The minimum absolute atomic E-state index is 0. The van der Waals surface area contributed by atoms with Crippen LogP contribution in [0, 0.1) is 0 Å². The third-order valence-corrected chi connectivity index (χ3v) is 14.9. The molecular formula is C66H110N4O10Zn. The van der Waals surface area contributed by atoms with Crippen molar-refractivity contribution in [2.45, 2.75) is 311 Å². The molecule has 4 amide bonds. The average Bonchev–Trinajstić information content (AvgIpc) is 3.44. The van der Waals surface area contributed by atoms with Crippen LogP contribution in [0.3, 0.4) is 0 Å². The van der Waals surface area contributed by atoms with Crippen molar-refractivity contribution in [1.82, 2.24) is 21.3 Å². The summed E-state index contributed by atoms with van der Waals surface area (Å²) in [4.78, 5) is 72.3. The van der Waals surface area contributed by atoms with Crippen LogP contribution in [0.4, 0.5) is 0 Å². The van der Waals surface area contributed by atoms with E-state index in [1.165, 1.54) is 166 Å². The Hall–Kier alpha value is -4.52. The summed E-state index contributed by atoms with van der Waals surface area (Å²) in [6, 6.07) is 5.88. The number of carboxylic acids is 2. The van der Waals surface area contributed by atoms with Crippen molar-refractivity contribution in [2.24, 2.45) is 0 Å². The number of rotatable bonds is 50. The summed E-state index contributed by atoms with van der Waals surface area (Å²) in [5.41, 5.74) is 1.000. The fraction of sp³-hybridized carbons (Fsp3) is 0.727. The fourth-order valence-electron chi connectivity index (χ4n) is 9.83. The van der Waals surface area contributed by atoms with Gasteiger partial charge in [0.2, 0.25) is 23.6 Å².